The fraction of sp³-hybridized carbons (Fsp3) is 0.333. The van der Waals surface area contributed by atoms with E-state index in [1.165, 1.54) is 18.3 Å². The summed E-state index contributed by atoms with van der Waals surface area (Å²) in [5, 5.41) is 0. The van der Waals surface area contributed by atoms with Crippen LogP contribution in [0.5, 0.6) is 0 Å². The summed E-state index contributed by atoms with van der Waals surface area (Å²) in [6, 6.07) is 9.07. The average molecular weight is 774 g/mol. The minimum absolute atomic E-state index is 0.0602. The Kier molecular flexibility index (Phi) is 6.39. The van der Waals surface area contributed by atoms with Crippen molar-refractivity contribution in [1.82, 2.24) is 8.97 Å². The number of alkyl halides is 3. The molecular weight excluding hydrogens is 755 g/mol. The van der Waals surface area contributed by atoms with Crippen LogP contribution in [0.15, 0.2) is 52.2 Å². The van der Waals surface area contributed by atoms with Crippen LogP contribution in [0.3, 0.4) is 0 Å². The first-order chi connectivity index (χ1) is 14.8. The summed E-state index contributed by atoms with van der Waals surface area (Å²) in [7, 11) is -0.676. The Balaban J connectivity index is 1.87. The Labute approximate surface area is 225 Å². The quantitative estimate of drug-likeness (QED) is 0.229. The molecule has 0 spiro atoms. The van der Waals surface area contributed by atoms with Gasteiger partial charge >= 0.3 is 12.8 Å². The maximum atomic E-state index is 14.1. The number of hydrogen-bond donors (Lipinski definition) is 0. The molecule has 11 heteroatoms. The summed E-state index contributed by atoms with van der Waals surface area (Å²) in [4.78, 5) is 26.0. The van der Waals surface area contributed by atoms with E-state index in [1.54, 1.807) is 12.1 Å². The van der Waals surface area contributed by atoms with Crippen molar-refractivity contribution in [3.63, 3.8) is 0 Å². The second kappa shape index (κ2) is 8.31. The molecule has 6 nitrogen and oxygen atoms in total. The zero-order valence-corrected chi connectivity index (χ0v) is 24.1. The molecule has 3 aromatic rings. The molecule has 1 aliphatic rings. The van der Waals surface area contributed by atoms with Gasteiger partial charge in [0.05, 0.1) is 16.8 Å². The van der Waals surface area contributed by atoms with E-state index >= 15 is 0 Å². The molecule has 1 unspecified atom stereocenters. The van der Waals surface area contributed by atoms with Gasteiger partial charge in [-0.1, -0.05) is 79.9 Å². The van der Waals surface area contributed by atoms with Gasteiger partial charge in [0.25, 0.3) is 5.56 Å². The van der Waals surface area contributed by atoms with E-state index in [1.807, 2.05) is 33.8 Å². The minimum Gasteiger partial charge on any atom is -0.399 e. The minimum atomic E-state index is -0.676. The summed E-state index contributed by atoms with van der Waals surface area (Å²) in [5.41, 5.74) is -0.723. The van der Waals surface area contributed by atoms with Crippen LogP contribution < -0.4 is 16.7 Å². The second-order valence-electron chi connectivity index (χ2n) is 8.31. The number of pyridine rings is 1. The van der Waals surface area contributed by atoms with Crippen LogP contribution in [0.2, 0.25) is 0 Å². The van der Waals surface area contributed by atoms with Crippen LogP contribution >= 0.6 is 67.8 Å². The Hall–Kier alpha value is -0.515. The standard InChI is InChI=1S/C21H19BFI3N2O4/c1-12-13(22-31-19(2,3)20(4,32-22)21(24,25)26)7-5-9-15(12)28-17(29)11-16-14(23)8-6-10-27(16)18(28)30/h5-11H,1-4H3. The molecule has 0 amide bonds. The van der Waals surface area contributed by atoms with E-state index in [0.717, 1.165) is 20.5 Å². The van der Waals surface area contributed by atoms with Crippen molar-refractivity contribution in [1.29, 1.82) is 0 Å². The first-order valence-electron chi connectivity index (χ1n) is 9.74. The van der Waals surface area contributed by atoms with Gasteiger partial charge in [0.1, 0.15) is 11.4 Å². The number of benzene rings is 1. The molecule has 1 saturated heterocycles. The second-order valence-corrected chi connectivity index (χ2v) is 19.4. The van der Waals surface area contributed by atoms with E-state index in [2.05, 4.69) is 67.8 Å². The van der Waals surface area contributed by atoms with Gasteiger partial charge in [-0.15, -0.1) is 0 Å². The summed E-state index contributed by atoms with van der Waals surface area (Å²) >= 11 is 7.03. The number of aromatic nitrogens is 2. The predicted molar refractivity (Wildman–Crippen MR) is 149 cm³/mol. The number of nitrogens with zero attached hydrogens (tertiary/aromatic N) is 2. The lowest BCUT2D eigenvalue weighted by molar-refractivity contribution is 0.00631. The van der Waals surface area contributed by atoms with E-state index in [-0.39, 0.29) is 4.95 Å². The SMILES string of the molecule is Cc1c(B2OC(C)(C)C(C)(C(I)(I)I)O2)cccc1-n1c(=O)cc2c(F)cccn2c1=O. The largest absolute Gasteiger partial charge is 0.495 e. The van der Waals surface area contributed by atoms with Gasteiger partial charge < -0.3 is 9.31 Å². The highest BCUT2D eigenvalue weighted by atomic mass is 127. The normalized spacial score (nSPS) is 20.8. The molecule has 0 radical (unpaired) electrons. The van der Waals surface area contributed by atoms with Gasteiger partial charge in [0, 0.05) is 12.3 Å². The van der Waals surface area contributed by atoms with E-state index < -0.39 is 35.4 Å². The third kappa shape index (κ3) is 3.79. The van der Waals surface area contributed by atoms with Crippen molar-refractivity contribution in [3.8, 4) is 5.69 Å². The molecule has 0 aliphatic carbocycles. The lowest BCUT2D eigenvalue weighted by Gasteiger charge is -2.42. The molecular formula is C21H19BFI3N2O4. The monoisotopic (exact) mass is 774 g/mol. The van der Waals surface area contributed by atoms with E-state index in [0.29, 0.717) is 11.3 Å². The van der Waals surface area contributed by atoms with Crippen LogP contribution in [-0.4, -0.2) is 26.7 Å². The highest BCUT2D eigenvalue weighted by Gasteiger charge is 2.62. The summed E-state index contributed by atoms with van der Waals surface area (Å²) in [6.07, 6.45) is 1.44. The Morgan fingerprint density at radius 2 is 1.75 bits per heavy atom. The third-order valence-corrected chi connectivity index (χ3v) is 9.22. The number of halogens is 4. The maximum absolute atomic E-state index is 14.1. The van der Waals surface area contributed by atoms with Gasteiger partial charge in [-0.05, 0) is 56.9 Å². The first-order valence-corrected chi connectivity index (χ1v) is 13.0. The van der Waals surface area contributed by atoms with Gasteiger partial charge in [-0.3, -0.25) is 9.20 Å². The summed E-state index contributed by atoms with van der Waals surface area (Å²) < 4.78 is 28.8. The molecule has 1 fully saturated rings. The van der Waals surface area contributed by atoms with Crippen molar-refractivity contribution in [2.75, 3.05) is 0 Å². The zero-order valence-electron chi connectivity index (χ0n) is 17.7. The predicted octanol–water partition coefficient (Wildman–Crippen LogP) is 4.14. The summed E-state index contributed by atoms with van der Waals surface area (Å²) in [6.45, 7) is 7.82. The molecule has 168 valence electrons. The van der Waals surface area contributed by atoms with Crippen molar-refractivity contribution >= 4 is 85.9 Å². The number of fused-ring (bicyclic) bond motifs is 1. The molecule has 0 bridgehead atoms. The molecule has 2 aromatic heterocycles. The van der Waals surface area contributed by atoms with Crippen molar-refractivity contribution in [3.05, 3.63) is 74.8 Å². The van der Waals surface area contributed by atoms with Crippen molar-refractivity contribution < 1.29 is 13.7 Å². The fourth-order valence-corrected chi connectivity index (χ4v) is 6.17. The maximum Gasteiger partial charge on any atom is 0.495 e. The van der Waals surface area contributed by atoms with E-state index in [4.69, 9.17) is 9.31 Å². The lowest BCUT2D eigenvalue weighted by Crippen LogP contribution is -2.53. The molecule has 3 heterocycles. The van der Waals surface area contributed by atoms with Gasteiger partial charge in [0.2, 0.25) is 0 Å². The van der Waals surface area contributed by atoms with Crippen LogP contribution in [0.25, 0.3) is 11.2 Å². The molecule has 1 aromatic carbocycles. The average Bonchev–Trinajstić information content (AvgIpc) is 2.94. The van der Waals surface area contributed by atoms with Crippen molar-refractivity contribution in [2.45, 2.75) is 38.3 Å². The molecule has 1 aliphatic heterocycles. The van der Waals surface area contributed by atoms with Crippen LogP contribution in [-0.2, 0) is 9.31 Å². The molecule has 0 saturated carbocycles. The Morgan fingerprint density at radius 3 is 2.38 bits per heavy atom. The van der Waals surface area contributed by atoms with Gasteiger partial charge in [0.15, 0.2) is -0.565 Å². The molecule has 0 N–H and O–H groups in total. The lowest BCUT2D eigenvalue weighted by atomic mass is 9.76. The van der Waals surface area contributed by atoms with Gasteiger partial charge in [-0.25, -0.2) is 13.8 Å². The molecule has 4 rings (SSSR count). The van der Waals surface area contributed by atoms with Gasteiger partial charge in [-0.2, -0.15) is 0 Å². The zero-order chi connectivity index (χ0) is 23.6. The Morgan fingerprint density at radius 1 is 1.06 bits per heavy atom. The van der Waals surface area contributed by atoms with Crippen LogP contribution in [0, 0.1) is 12.7 Å². The third-order valence-electron chi connectivity index (χ3n) is 6.14. The fourth-order valence-electron chi connectivity index (χ4n) is 3.84. The number of rotatable bonds is 3. The summed E-state index contributed by atoms with van der Waals surface area (Å²) in [5.74, 6) is -0.631. The Bertz CT molecular complexity index is 1350. The number of hydrogen-bond acceptors (Lipinski definition) is 4. The highest BCUT2D eigenvalue weighted by molar-refractivity contribution is 14.3. The van der Waals surface area contributed by atoms with Crippen LogP contribution in [0.1, 0.15) is 26.3 Å². The first kappa shape index (κ1) is 24.6. The van der Waals surface area contributed by atoms with Crippen LogP contribution in [0.4, 0.5) is 4.39 Å². The van der Waals surface area contributed by atoms with E-state index in [9.17, 15) is 14.0 Å². The smallest absolute Gasteiger partial charge is 0.399 e. The molecule has 1 atom stereocenters. The highest BCUT2D eigenvalue weighted by Crippen LogP contribution is 2.56. The van der Waals surface area contributed by atoms with Crippen molar-refractivity contribution in [2.24, 2.45) is 0 Å². The molecule has 32 heavy (non-hydrogen) atoms. The topological polar surface area (TPSA) is 61.9 Å².